The molecule has 0 bridgehead atoms. The SMILES string of the molecule is Cc1cccc(B2OC(C)(C)C(C)(C)O2)c1-c1ccccc1P(C1CCCCC1)C1CCCCC1. The average Bonchev–Trinajstić information content (AvgIpc) is 3.07. The molecule has 1 aliphatic heterocycles. The van der Waals surface area contributed by atoms with Crippen LogP contribution in [0.5, 0.6) is 0 Å². The van der Waals surface area contributed by atoms with Gasteiger partial charge in [-0.15, -0.1) is 0 Å². The van der Waals surface area contributed by atoms with Gasteiger partial charge in [0.25, 0.3) is 0 Å². The van der Waals surface area contributed by atoms with Crippen LogP contribution in [-0.2, 0) is 9.31 Å². The molecule has 3 aliphatic rings. The first-order chi connectivity index (χ1) is 16.8. The normalized spacial score (nSPS) is 23.2. The zero-order valence-corrected chi connectivity index (χ0v) is 23.5. The Labute approximate surface area is 215 Å². The monoisotopic (exact) mass is 490 g/mol. The van der Waals surface area contributed by atoms with Crippen molar-refractivity contribution >= 4 is 25.8 Å². The van der Waals surface area contributed by atoms with E-state index in [1.807, 2.05) is 0 Å². The molecule has 0 atom stereocenters. The fourth-order valence-corrected chi connectivity index (χ4v) is 10.5. The third-order valence-corrected chi connectivity index (χ3v) is 12.8. The topological polar surface area (TPSA) is 18.5 Å². The summed E-state index contributed by atoms with van der Waals surface area (Å²) >= 11 is 0. The highest BCUT2D eigenvalue weighted by atomic mass is 31.1. The molecule has 0 N–H and O–H groups in total. The lowest BCUT2D eigenvalue weighted by molar-refractivity contribution is 0.00578. The lowest BCUT2D eigenvalue weighted by Gasteiger charge is -2.40. The molecular formula is C31H44BO2P. The largest absolute Gasteiger partial charge is 0.495 e. The smallest absolute Gasteiger partial charge is 0.399 e. The number of hydrogen-bond donors (Lipinski definition) is 0. The van der Waals surface area contributed by atoms with Gasteiger partial charge in [0.2, 0.25) is 0 Å². The van der Waals surface area contributed by atoms with Gasteiger partial charge in [0, 0.05) is 0 Å². The van der Waals surface area contributed by atoms with E-state index in [9.17, 15) is 0 Å². The molecule has 3 fully saturated rings. The molecule has 0 unspecified atom stereocenters. The van der Waals surface area contributed by atoms with Crippen LogP contribution < -0.4 is 10.8 Å². The summed E-state index contributed by atoms with van der Waals surface area (Å²) in [5.74, 6) is 0. The summed E-state index contributed by atoms with van der Waals surface area (Å²) in [6, 6.07) is 16.1. The van der Waals surface area contributed by atoms with Crippen LogP contribution in [0.4, 0.5) is 0 Å². The van der Waals surface area contributed by atoms with Crippen molar-refractivity contribution in [3.8, 4) is 11.1 Å². The van der Waals surface area contributed by atoms with Gasteiger partial charge in [0.15, 0.2) is 0 Å². The Hall–Kier alpha value is -1.15. The zero-order valence-electron chi connectivity index (χ0n) is 22.6. The number of benzene rings is 2. The maximum absolute atomic E-state index is 6.58. The molecule has 0 amide bonds. The number of aryl methyl sites for hydroxylation is 1. The van der Waals surface area contributed by atoms with Crippen LogP contribution in [-0.4, -0.2) is 29.6 Å². The Bertz CT molecular complexity index is 986. The summed E-state index contributed by atoms with van der Waals surface area (Å²) < 4.78 is 13.2. The van der Waals surface area contributed by atoms with Gasteiger partial charge in [-0.1, -0.05) is 88.9 Å². The van der Waals surface area contributed by atoms with Gasteiger partial charge >= 0.3 is 7.12 Å². The molecule has 2 aromatic rings. The molecule has 2 aromatic carbocycles. The zero-order chi connectivity index (χ0) is 24.6. The summed E-state index contributed by atoms with van der Waals surface area (Å²) in [6.45, 7) is 10.9. The lowest BCUT2D eigenvalue weighted by atomic mass is 9.73. The first-order valence-corrected chi connectivity index (χ1v) is 15.6. The van der Waals surface area contributed by atoms with Crippen molar-refractivity contribution < 1.29 is 9.31 Å². The molecule has 2 aliphatic carbocycles. The predicted octanol–water partition coefficient (Wildman–Crippen LogP) is 7.73. The van der Waals surface area contributed by atoms with Crippen molar-refractivity contribution in [2.75, 3.05) is 0 Å². The minimum Gasteiger partial charge on any atom is -0.399 e. The molecule has 0 spiro atoms. The van der Waals surface area contributed by atoms with Crippen LogP contribution >= 0.6 is 7.92 Å². The predicted molar refractivity (Wildman–Crippen MR) is 153 cm³/mol. The highest BCUT2D eigenvalue weighted by molar-refractivity contribution is 7.67. The van der Waals surface area contributed by atoms with Crippen molar-refractivity contribution in [3.63, 3.8) is 0 Å². The molecule has 2 nitrogen and oxygen atoms in total. The molecular weight excluding hydrogens is 446 g/mol. The fraction of sp³-hybridized carbons (Fsp3) is 0.613. The van der Waals surface area contributed by atoms with Crippen LogP contribution in [0.25, 0.3) is 11.1 Å². The van der Waals surface area contributed by atoms with Crippen molar-refractivity contribution in [2.45, 2.75) is 121 Å². The van der Waals surface area contributed by atoms with E-state index in [2.05, 4.69) is 77.1 Å². The maximum atomic E-state index is 6.58. The first kappa shape index (κ1) is 25.5. The van der Waals surface area contributed by atoms with Gasteiger partial charge in [-0.25, -0.2) is 0 Å². The van der Waals surface area contributed by atoms with E-state index in [0.29, 0.717) is 0 Å². The van der Waals surface area contributed by atoms with Gasteiger partial charge in [-0.2, -0.15) is 0 Å². The first-order valence-electron chi connectivity index (χ1n) is 14.1. The van der Waals surface area contributed by atoms with Gasteiger partial charge < -0.3 is 9.31 Å². The van der Waals surface area contributed by atoms with Gasteiger partial charge in [0.1, 0.15) is 0 Å². The van der Waals surface area contributed by atoms with Crippen molar-refractivity contribution in [2.24, 2.45) is 0 Å². The van der Waals surface area contributed by atoms with E-state index in [0.717, 1.165) is 11.3 Å². The van der Waals surface area contributed by atoms with Crippen LogP contribution in [0, 0.1) is 6.92 Å². The number of hydrogen-bond acceptors (Lipinski definition) is 2. The van der Waals surface area contributed by atoms with Gasteiger partial charge in [0.05, 0.1) is 11.2 Å². The van der Waals surface area contributed by atoms with Gasteiger partial charge in [-0.3, -0.25) is 0 Å². The second-order valence-electron chi connectivity index (χ2n) is 12.1. The third kappa shape index (κ3) is 5.03. The molecule has 1 saturated heterocycles. The van der Waals surface area contributed by atoms with E-state index in [1.165, 1.54) is 86.4 Å². The Morgan fingerprint density at radius 1 is 0.714 bits per heavy atom. The van der Waals surface area contributed by atoms with Crippen molar-refractivity contribution in [3.05, 3.63) is 48.0 Å². The quantitative estimate of drug-likeness (QED) is 0.315. The molecule has 0 radical (unpaired) electrons. The molecule has 5 rings (SSSR count). The maximum Gasteiger partial charge on any atom is 0.495 e. The molecule has 1 heterocycles. The summed E-state index contributed by atoms with van der Waals surface area (Å²) in [5.41, 5.74) is 6.40. The van der Waals surface area contributed by atoms with E-state index in [4.69, 9.17) is 9.31 Å². The van der Waals surface area contributed by atoms with E-state index in [1.54, 1.807) is 5.30 Å². The third-order valence-electron chi connectivity index (χ3n) is 9.20. The Morgan fingerprint density at radius 3 is 1.83 bits per heavy atom. The Balaban J connectivity index is 1.61. The van der Waals surface area contributed by atoms with Crippen LogP contribution in [0.3, 0.4) is 0 Å². The summed E-state index contributed by atoms with van der Waals surface area (Å²) in [5, 5.41) is 1.65. The summed E-state index contributed by atoms with van der Waals surface area (Å²) in [4.78, 5) is 0. The van der Waals surface area contributed by atoms with Gasteiger partial charge in [-0.05, 0) is 99.1 Å². The molecule has 35 heavy (non-hydrogen) atoms. The Morgan fingerprint density at radius 2 is 1.26 bits per heavy atom. The van der Waals surface area contributed by atoms with Crippen molar-refractivity contribution in [1.82, 2.24) is 0 Å². The summed E-state index contributed by atoms with van der Waals surface area (Å²) in [6.07, 6.45) is 14.2. The number of rotatable bonds is 5. The Kier molecular flexibility index (Phi) is 7.51. The van der Waals surface area contributed by atoms with E-state index < -0.39 is 0 Å². The van der Waals surface area contributed by atoms with Crippen LogP contribution in [0.2, 0.25) is 0 Å². The fourth-order valence-electron chi connectivity index (χ4n) is 6.54. The van der Waals surface area contributed by atoms with Crippen molar-refractivity contribution in [1.29, 1.82) is 0 Å². The van der Waals surface area contributed by atoms with Crippen LogP contribution in [0.1, 0.15) is 97.5 Å². The lowest BCUT2D eigenvalue weighted by Crippen LogP contribution is -2.41. The van der Waals surface area contributed by atoms with E-state index >= 15 is 0 Å². The second kappa shape index (κ2) is 10.3. The molecule has 2 saturated carbocycles. The van der Waals surface area contributed by atoms with E-state index in [-0.39, 0.29) is 26.2 Å². The minimum atomic E-state index is -0.338. The molecule has 4 heteroatoms. The average molecular weight is 490 g/mol. The second-order valence-corrected chi connectivity index (χ2v) is 14.9. The summed E-state index contributed by atoms with van der Waals surface area (Å²) in [7, 11) is -0.528. The standard InChI is InChI=1S/C31H44BO2P/c1-23-15-14-21-27(32-33-30(2,3)31(4,5)34-32)29(23)26-20-12-13-22-28(26)35(24-16-8-6-9-17-24)25-18-10-7-11-19-25/h12-15,20-22,24-25H,6-11,16-19H2,1-5H3. The molecule has 188 valence electrons. The van der Waals surface area contributed by atoms with Crippen LogP contribution in [0.15, 0.2) is 42.5 Å². The minimum absolute atomic E-state index is 0.193. The highest BCUT2D eigenvalue weighted by Gasteiger charge is 2.52. The molecule has 0 aromatic heterocycles. The highest BCUT2D eigenvalue weighted by Crippen LogP contribution is 2.56.